The van der Waals surface area contributed by atoms with Gasteiger partial charge in [-0.25, -0.2) is 0 Å². The van der Waals surface area contributed by atoms with Crippen LogP contribution in [0.25, 0.3) is 0 Å². The molecule has 0 bridgehead atoms. The molecule has 78 valence electrons. The molecule has 2 nitrogen and oxygen atoms in total. The second-order valence-electron chi connectivity index (χ2n) is 4.43. The molecular weight excluding hydrogens is 164 g/mol. The van der Waals surface area contributed by atoms with E-state index in [4.69, 9.17) is 9.47 Å². The van der Waals surface area contributed by atoms with E-state index in [9.17, 15) is 0 Å². The molecule has 0 aliphatic heterocycles. The van der Waals surface area contributed by atoms with Crippen LogP contribution in [0.2, 0.25) is 0 Å². The van der Waals surface area contributed by atoms with Gasteiger partial charge in [-0.2, -0.15) is 0 Å². The zero-order chi connectivity index (χ0) is 9.84. The molecule has 1 rings (SSSR count). The molecule has 0 atom stereocenters. The van der Waals surface area contributed by atoms with Crippen molar-refractivity contribution >= 4 is 0 Å². The third-order valence-electron chi connectivity index (χ3n) is 2.35. The largest absolute Gasteiger partial charge is 0.350 e. The van der Waals surface area contributed by atoms with Gasteiger partial charge in [0.15, 0.2) is 6.29 Å². The highest BCUT2D eigenvalue weighted by atomic mass is 16.7. The smallest absolute Gasteiger partial charge is 0.161 e. The first kappa shape index (κ1) is 11.0. The highest BCUT2D eigenvalue weighted by molar-refractivity contribution is 4.73. The van der Waals surface area contributed by atoms with E-state index >= 15 is 0 Å². The number of hydrogen-bond donors (Lipinski definition) is 0. The molecule has 13 heavy (non-hydrogen) atoms. The van der Waals surface area contributed by atoms with Crippen molar-refractivity contribution in [2.45, 2.75) is 65.5 Å². The van der Waals surface area contributed by atoms with Crippen LogP contribution in [0.4, 0.5) is 0 Å². The first-order chi connectivity index (χ1) is 6.09. The summed E-state index contributed by atoms with van der Waals surface area (Å²) in [4.78, 5) is 0. The highest BCUT2D eigenvalue weighted by Crippen LogP contribution is 2.32. The first-order valence-corrected chi connectivity index (χ1v) is 5.40. The fourth-order valence-corrected chi connectivity index (χ4v) is 1.50. The summed E-state index contributed by atoms with van der Waals surface area (Å²) in [5.74, 6) is 0.643. The molecule has 1 saturated carbocycles. The van der Waals surface area contributed by atoms with Crippen LogP contribution in [0.15, 0.2) is 0 Å². The summed E-state index contributed by atoms with van der Waals surface area (Å²) in [6.45, 7) is 8.26. The fourth-order valence-electron chi connectivity index (χ4n) is 1.50. The second kappa shape index (κ2) is 4.97. The summed E-state index contributed by atoms with van der Waals surface area (Å²) in [6.07, 6.45) is 4.45. The van der Waals surface area contributed by atoms with Crippen molar-refractivity contribution in [1.29, 1.82) is 0 Å². The van der Waals surface area contributed by atoms with Crippen LogP contribution in [0, 0.1) is 5.92 Å². The van der Waals surface area contributed by atoms with Crippen LogP contribution in [0.3, 0.4) is 0 Å². The SMILES string of the molecule is CC(C)OC(OC(C)C)C1CCC1. The van der Waals surface area contributed by atoms with E-state index in [-0.39, 0.29) is 18.5 Å². The Labute approximate surface area is 81.6 Å². The Kier molecular flexibility index (Phi) is 4.20. The predicted octanol–water partition coefficient (Wildman–Crippen LogP) is 2.96. The minimum atomic E-state index is 0.0359. The summed E-state index contributed by atoms with van der Waals surface area (Å²) in [5.41, 5.74) is 0. The van der Waals surface area contributed by atoms with Crippen molar-refractivity contribution in [3.8, 4) is 0 Å². The molecule has 1 aliphatic rings. The average Bonchev–Trinajstić information content (AvgIpc) is 1.78. The van der Waals surface area contributed by atoms with Gasteiger partial charge in [-0.1, -0.05) is 6.42 Å². The van der Waals surface area contributed by atoms with Crippen molar-refractivity contribution in [3.05, 3.63) is 0 Å². The number of rotatable bonds is 5. The van der Waals surface area contributed by atoms with Crippen LogP contribution in [-0.2, 0) is 9.47 Å². The van der Waals surface area contributed by atoms with Gasteiger partial charge < -0.3 is 9.47 Å². The van der Waals surface area contributed by atoms with Gasteiger partial charge in [0.1, 0.15) is 0 Å². The fraction of sp³-hybridized carbons (Fsp3) is 1.00. The minimum absolute atomic E-state index is 0.0359. The minimum Gasteiger partial charge on any atom is -0.350 e. The Balaban J connectivity index is 2.33. The van der Waals surface area contributed by atoms with Crippen LogP contribution in [0.1, 0.15) is 47.0 Å². The van der Waals surface area contributed by atoms with Crippen molar-refractivity contribution in [3.63, 3.8) is 0 Å². The molecule has 0 aromatic heterocycles. The average molecular weight is 186 g/mol. The molecule has 0 radical (unpaired) electrons. The van der Waals surface area contributed by atoms with E-state index in [2.05, 4.69) is 27.7 Å². The third kappa shape index (κ3) is 3.65. The molecule has 0 unspecified atom stereocenters. The summed E-state index contributed by atoms with van der Waals surface area (Å²) in [5, 5.41) is 0. The van der Waals surface area contributed by atoms with E-state index in [0.717, 1.165) is 0 Å². The Hall–Kier alpha value is -0.0800. The maximum Gasteiger partial charge on any atom is 0.161 e. The molecule has 1 aliphatic carbocycles. The van der Waals surface area contributed by atoms with E-state index in [0.29, 0.717) is 5.92 Å². The van der Waals surface area contributed by atoms with Gasteiger partial charge in [0, 0.05) is 5.92 Å². The summed E-state index contributed by atoms with van der Waals surface area (Å²) < 4.78 is 11.5. The van der Waals surface area contributed by atoms with E-state index in [1.165, 1.54) is 19.3 Å². The lowest BCUT2D eigenvalue weighted by atomic mass is 9.85. The van der Waals surface area contributed by atoms with E-state index in [1.807, 2.05) is 0 Å². The van der Waals surface area contributed by atoms with Crippen LogP contribution in [0.5, 0.6) is 0 Å². The number of hydrogen-bond acceptors (Lipinski definition) is 2. The lowest BCUT2D eigenvalue weighted by molar-refractivity contribution is -0.218. The van der Waals surface area contributed by atoms with Gasteiger partial charge >= 0.3 is 0 Å². The monoisotopic (exact) mass is 186 g/mol. The van der Waals surface area contributed by atoms with Gasteiger partial charge in [-0.3, -0.25) is 0 Å². The van der Waals surface area contributed by atoms with E-state index < -0.39 is 0 Å². The highest BCUT2D eigenvalue weighted by Gasteiger charge is 2.29. The van der Waals surface area contributed by atoms with Gasteiger partial charge in [-0.15, -0.1) is 0 Å². The maximum atomic E-state index is 5.74. The lowest BCUT2D eigenvalue weighted by Gasteiger charge is -2.35. The van der Waals surface area contributed by atoms with Gasteiger partial charge in [0.05, 0.1) is 12.2 Å². The Morgan fingerprint density at radius 1 is 0.923 bits per heavy atom. The number of ether oxygens (including phenoxy) is 2. The van der Waals surface area contributed by atoms with Crippen molar-refractivity contribution in [1.82, 2.24) is 0 Å². The molecule has 0 aromatic rings. The summed E-state index contributed by atoms with van der Waals surface area (Å²) in [7, 11) is 0. The van der Waals surface area contributed by atoms with Crippen molar-refractivity contribution in [2.75, 3.05) is 0 Å². The predicted molar refractivity (Wildman–Crippen MR) is 53.6 cm³/mol. The van der Waals surface area contributed by atoms with E-state index in [1.54, 1.807) is 0 Å². The maximum absolute atomic E-state index is 5.74. The van der Waals surface area contributed by atoms with Gasteiger partial charge in [0.2, 0.25) is 0 Å². The Morgan fingerprint density at radius 2 is 1.38 bits per heavy atom. The quantitative estimate of drug-likeness (QED) is 0.614. The molecule has 0 aromatic carbocycles. The Bertz CT molecular complexity index is 129. The van der Waals surface area contributed by atoms with Crippen molar-refractivity contribution in [2.24, 2.45) is 5.92 Å². The summed E-state index contributed by atoms with van der Waals surface area (Å²) in [6, 6.07) is 0. The van der Waals surface area contributed by atoms with Crippen LogP contribution in [-0.4, -0.2) is 18.5 Å². The Morgan fingerprint density at radius 3 is 1.62 bits per heavy atom. The topological polar surface area (TPSA) is 18.5 Å². The third-order valence-corrected chi connectivity index (χ3v) is 2.35. The molecule has 0 N–H and O–H groups in total. The first-order valence-electron chi connectivity index (χ1n) is 5.40. The molecule has 0 saturated heterocycles. The lowest BCUT2D eigenvalue weighted by Crippen LogP contribution is -2.35. The molecular formula is C11H22O2. The van der Waals surface area contributed by atoms with Gasteiger partial charge in [-0.05, 0) is 40.5 Å². The molecule has 0 heterocycles. The standard InChI is InChI=1S/C11H22O2/c1-8(2)12-11(13-9(3)4)10-6-5-7-10/h8-11H,5-7H2,1-4H3. The molecule has 2 heteroatoms. The second-order valence-corrected chi connectivity index (χ2v) is 4.43. The summed E-state index contributed by atoms with van der Waals surface area (Å²) >= 11 is 0. The zero-order valence-electron chi connectivity index (χ0n) is 9.25. The molecule has 1 fully saturated rings. The zero-order valence-corrected chi connectivity index (χ0v) is 9.25. The normalized spacial score (nSPS) is 18.7. The molecule has 0 amide bonds. The van der Waals surface area contributed by atoms with Crippen LogP contribution >= 0.6 is 0 Å². The van der Waals surface area contributed by atoms with Gasteiger partial charge in [0.25, 0.3) is 0 Å². The van der Waals surface area contributed by atoms with Crippen molar-refractivity contribution < 1.29 is 9.47 Å². The van der Waals surface area contributed by atoms with Crippen LogP contribution < -0.4 is 0 Å². The molecule has 0 spiro atoms.